The van der Waals surface area contributed by atoms with Gasteiger partial charge in [0.1, 0.15) is 11.6 Å². The van der Waals surface area contributed by atoms with Gasteiger partial charge in [0.25, 0.3) is 0 Å². The quantitative estimate of drug-likeness (QED) is 0.741. The van der Waals surface area contributed by atoms with Gasteiger partial charge in [0, 0.05) is 11.3 Å². The van der Waals surface area contributed by atoms with Crippen molar-refractivity contribution in [3.05, 3.63) is 35.9 Å². The summed E-state index contributed by atoms with van der Waals surface area (Å²) in [5.74, 6) is -0.316. The Hall–Kier alpha value is -2.02. The largest absolute Gasteiger partial charge is 0.444 e. The molecule has 23 heavy (non-hydrogen) atoms. The van der Waals surface area contributed by atoms with Gasteiger partial charge in [0.2, 0.25) is 5.91 Å². The first-order valence-corrected chi connectivity index (χ1v) is 8.29. The normalized spacial score (nSPS) is 12.3. The lowest BCUT2D eigenvalue weighted by Crippen LogP contribution is -2.47. The average molecular weight is 338 g/mol. The van der Waals surface area contributed by atoms with E-state index in [0.29, 0.717) is 5.56 Å². The van der Waals surface area contributed by atoms with E-state index in [9.17, 15) is 14.4 Å². The molecule has 0 saturated heterocycles. The standard InChI is InChI=1S/C16H22N2O4S/c1-16(2,3)22-15(21)18-12(14(17)20)9-23-10-13(19)11-7-5-4-6-8-11/h4-8,12H,9-10H2,1-3H3,(H2,17,20)(H,18,21)/t12-/m0/s1. The van der Waals surface area contributed by atoms with Gasteiger partial charge in [0.15, 0.2) is 5.78 Å². The van der Waals surface area contributed by atoms with E-state index in [2.05, 4.69) is 5.32 Å². The fraction of sp³-hybridized carbons (Fsp3) is 0.438. The van der Waals surface area contributed by atoms with Crippen LogP contribution in [0.25, 0.3) is 0 Å². The van der Waals surface area contributed by atoms with Crippen molar-refractivity contribution in [3.8, 4) is 0 Å². The van der Waals surface area contributed by atoms with Crippen molar-refractivity contribution < 1.29 is 19.1 Å². The number of hydrogen-bond donors (Lipinski definition) is 2. The number of carbonyl (C=O) groups excluding carboxylic acids is 3. The maximum atomic E-state index is 12.0. The van der Waals surface area contributed by atoms with Crippen LogP contribution in [0.3, 0.4) is 0 Å². The number of nitrogens with two attached hydrogens (primary N) is 1. The topological polar surface area (TPSA) is 98.5 Å². The van der Waals surface area contributed by atoms with Crippen molar-refractivity contribution >= 4 is 29.5 Å². The Morgan fingerprint density at radius 3 is 2.35 bits per heavy atom. The minimum absolute atomic E-state index is 0.0453. The summed E-state index contributed by atoms with van der Waals surface area (Å²) >= 11 is 1.23. The number of ether oxygens (including phenoxy) is 1. The van der Waals surface area contributed by atoms with Gasteiger partial charge in [-0.05, 0) is 20.8 Å². The summed E-state index contributed by atoms with van der Waals surface area (Å²) in [5.41, 5.74) is 5.21. The second-order valence-corrected chi connectivity index (χ2v) is 6.94. The Morgan fingerprint density at radius 1 is 1.22 bits per heavy atom. The van der Waals surface area contributed by atoms with E-state index >= 15 is 0 Å². The fourth-order valence-electron chi connectivity index (χ4n) is 1.62. The number of alkyl carbamates (subject to hydrolysis) is 1. The first-order valence-electron chi connectivity index (χ1n) is 7.14. The molecule has 0 bridgehead atoms. The summed E-state index contributed by atoms with van der Waals surface area (Å²) in [4.78, 5) is 35.0. The molecule has 0 radical (unpaired) electrons. The van der Waals surface area contributed by atoms with Crippen LogP contribution >= 0.6 is 11.8 Å². The van der Waals surface area contributed by atoms with Crippen LogP contribution in [0.5, 0.6) is 0 Å². The molecule has 0 aromatic heterocycles. The zero-order chi connectivity index (χ0) is 17.5. The van der Waals surface area contributed by atoms with Crippen LogP contribution in [0, 0.1) is 0 Å². The lowest BCUT2D eigenvalue weighted by atomic mass is 10.2. The molecule has 126 valence electrons. The Morgan fingerprint density at radius 2 is 1.83 bits per heavy atom. The van der Waals surface area contributed by atoms with Crippen molar-refractivity contribution in [2.24, 2.45) is 5.73 Å². The molecule has 6 nitrogen and oxygen atoms in total. The SMILES string of the molecule is CC(C)(C)OC(=O)N[C@@H](CSCC(=O)c1ccccc1)C(N)=O. The molecular formula is C16H22N2O4S. The number of benzene rings is 1. The summed E-state index contributed by atoms with van der Waals surface area (Å²) in [6.45, 7) is 5.16. The third-order valence-electron chi connectivity index (χ3n) is 2.65. The molecule has 7 heteroatoms. The maximum Gasteiger partial charge on any atom is 0.408 e. The minimum atomic E-state index is -0.890. The number of Topliss-reactive ketones (excluding diaryl/α,β-unsaturated/α-hetero) is 1. The van der Waals surface area contributed by atoms with Gasteiger partial charge in [-0.1, -0.05) is 30.3 Å². The first-order chi connectivity index (χ1) is 10.7. The maximum absolute atomic E-state index is 12.0. The molecule has 0 unspecified atom stereocenters. The van der Waals surface area contributed by atoms with E-state index < -0.39 is 23.6 Å². The van der Waals surface area contributed by atoms with E-state index in [1.807, 2.05) is 6.07 Å². The highest BCUT2D eigenvalue weighted by atomic mass is 32.2. The Labute approximate surface area is 140 Å². The second-order valence-electron chi connectivity index (χ2n) is 5.91. The molecule has 0 aliphatic rings. The third kappa shape index (κ3) is 7.69. The van der Waals surface area contributed by atoms with Crippen LogP contribution in [0.2, 0.25) is 0 Å². The molecule has 0 fully saturated rings. The summed E-state index contributed by atoms with van der Waals surface area (Å²) < 4.78 is 5.08. The summed E-state index contributed by atoms with van der Waals surface area (Å²) in [5, 5.41) is 2.42. The summed E-state index contributed by atoms with van der Waals surface area (Å²) in [6, 6.07) is 7.97. The molecule has 3 N–H and O–H groups in total. The number of ketones is 1. The van der Waals surface area contributed by atoms with E-state index in [-0.39, 0.29) is 17.3 Å². The molecule has 0 saturated carbocycles. The number of carbonyl (C=O) groups is 3. The lowest BCUT2D eigenvalue weighted by Gasteiger charge is -2.22. The van der Waals surface area contributed by atoms with Crippen LogP contribution in [-0.2, 0) is 9.53 Å². The molecule has 0 aliphatic carbocycles. The van der Waals surface area contributed by atoms with E-state index in [0.717, 1.165) is 0 Å². The van der Waals surface area contributed by atoms with Gasteiger partial charge in [-0.15, -0.1) is 0 Å². The molecule has 0 aliphatic heterocycles. The van der Waals surface area contributed by atoms with Gasteiger partial charge in [-0.25, -0.2) is 4.79 Å². The molecule has 1 rings (SSSR count). The Bertz CT molecular complexity index is 555. The van der Waals surface area contributed by atoms with Gasteiger partial charge in [-0.2, -0.15) is 11.8 Å². The van der Waals surface area contributed by atoms with Crippen LogP contribution in [-0.4, -0.2) is 40.9 Å². The van der Waals surface area contributed by atoms with Gasteiger partial charge >= 0.3 is 6.09 Å². The fourth-order valence-corrected chi connectivity index (χ4v) is 2.57. The van der Waals surface area contributed by atoms with E-state index in [4.69, 9.17) is 10.5 Å². The second kappa shape index (κ2) is 8.57. The molecule has 0 heterocycles. The molecule has 0 spiro atoms. The van der Waals surface area contributed by atoms with Crippen molar-refractivity contribution in [2.45, 2.75) is 32.4 Å². The number of amides is 2. The number of rotatable bonds is 7. The monoisotopic (exact) mass is 338 g/mol. The van der Waals surface area contributed by atoms with Crippen LogP contribution < -0.4 is 11.1 Å². The minimum Gasteiger partial charge on any atom is -0.444 e. The summed E-state index contributed by atoms with van der Waals surface area (Å²) in [7, 11) is 0. The molecule has 1 aromatic carbocycles. The summed E-state index contributed by atoms with van der Waals surface area (Å²) in [6.07, 6.45) is -0.712. The van der Waals surface area contributed by atoms with Gasteiger partial charge in [0.05, 0.1) is 5.75 Å². The van der Waals surface area contributed by atoms with Crippen LogP contribution in [0.4, 0.5) is 4.79 Å². The van der Waals surface area contributed by atoms with Gasteiger partial charge < -0.3 is 15.8 Å². The number of thioether (sulfide) groups is 1. The Balaban J connectivity index is 2.46. The Kier molecular flexibility index (Phi) is 7.09. The highest BCUT2D eigenvalue weighted by Crippen LogP contribution is 2.10. The predicted molar refractivity (Wildman–Crippen MR) is 90.4 cm³/mol. The number of hydrogen-bond acceptors (Lipinski definition) is 5. The van der Waals surface area contributed by atoms with Crippen molar-refractivity contribution in [3.63, 3.8) is 0 Å². The zero-order valence-electron chi connectivity index (χ0n) is 13.5. The van der Waals surface area contributed by atoms with Crippen LogP contribution in [0.15, 0.2) is 30.3 Å². The molecule has 1 atom stereocenters. The van der Waals surface area contributed by atoms with Crippen molar-refractivity contribution in [1.82, 2.24) is 5.32 Å². The lowest BCUT2D eigenvalue weighted by molar-refractivity contribution is -0.119. The van der Waals surface area contributed by atoms with Crippen molar-refractivity contribution in [2.75, 3.05) is 11.5 Å². The highest BCUT2D eigenvalue weighted by Gasteiger charge is 2.23. The van der Waals surface area contributed by atoms with E-state index in [1.54, 1.807) is 45.0 Å². The first kappa shape index (κ1) is 19.0. The van der Waals surface area contributed by atoms with E-state index in [1.165, 1.54) is 11.8 Å². The third-order valence-corrected chi connectivity index (χ3v) is 3.68. The van der Waals surface area contributed by atoms with Gasteiger partial charge in [-0.3, -0.25) is 9.59 Å². The molecule has 1 aromatic rings. The molecule has 2 amide bonds. The molecular weight excluding hydrogens is 316 g/mol. The highest BCUT2D eigenvalue weighted by molar-refractivity contribution is 8.00. The van der Waals surface area contributed by atoms with Crippen LogP contribution in [0.1, 0.15) is 31.1 Å². The van der Waals surface area contributed by atoms with Crippen molar-refractivity contribution in [1.29, 1.82) is 0 Å². The predicted octanol–water partition coefficient (Wildman–Crippen LogP) is 1.98. The number of primary amides is 1. The zero-order valence-corrected chi connectivity index (χ0v) is 14.3. The average Bonchev–Trinajstić information content (AvgIpc) is 2.44. The number of nitrogens with one attached hydrogen (secondary N) is 1. The smallest absolute Gasteiger partial charge is 0.408 e.